The lowest BCUT2D eigenvalue weighted by Crippen LogP contribution is -2.31. The van der Waals surface area contributed by atoms with Crippen LogP contribution in [-0.2, 0) is 4.74 Å². The summed E-state index contributed by atoms with van der Waals surface area (Å²) >= 11 is 0. The highest BCUT2D eigenvalue weighted by Crippen LogP contribution is 2.36. The van der Waals surface area contributed by atoms with Crippen LogP contribution in [0.5, 0.6) is 0 Å². The third-order valence-corrected chi connectivity index (χ3v) is 3.73. The van der Waals surface area contributed by atoms with E-state index in [1.54, 1.807) is 0 Å². The highest BCUT2D eigenvalue weighted by Gasteiger charge is 2.31. The highest BCUT2D eigenvalue weighted by molar-refractivity contribution is 5.08. The second-order valence-electron chi connectivity index (χ2n) is 4.62. The van der Waals surface area contributed by atoms with Crippen LogP contribution in [0.4, 0.5) is 0 Å². The molecule has 0 saturated heterocycles. The van der Waals surface area contributed by atoms with E-state index in [-0.39, 0.29) is 6.04 Å². The van der Waals surface area contributed by atoms with Gasteiger partial charge in [-0.15, -0.1) is 0 Å². The monoisotopic (exact) mass is 195 g/mol. The predicted molar refractivity (Wildman–Crippen MR) is 57.7 cm³/mol. The van der Waals surface area contributed by atoms with Crippen LogP contribution < -0.4 is 5.73 Å². The van der Waals surface area contributed by atoms with Gasteiger partial charge in [0.2, 0.25) is 0 Å². The maximum Gasteiger partial charge on any atom is 0.109 e. The quantitative estimate of drug-likeness (QED) is 0.750. The van der Waals surface area contributed by atoms with E-state index >= 15 is 0 Å². The molecule has 1 fully saturated rings. The molecule has 3 unspecified atom stereocenters. The smallest absolute Gasteiger partial charge is 0.109 e. The number of rotatable bonds is 3. The van der Waals surface area contributed by atoms with Gasteiger partial charge in [-0.1, -0.05) is 19.8 Å². The average Bonchev–Trinajstić information content (AvgIpc) is 2.88. The normalized spacial score (nSPS) is 34.0. The second kappa shape index (κ2) is 4.35. The van der Waals surface area contributed by atoms with Crippen molar-refractivity contribution in [3.8, 4) is 0 Å². The number of hydrogen-bond acceptors (Lipinski definition) is 2. The van der Waals surface area contributed by atoms with Gasteiger partial charge in [0.1, 0.15) is 5.76 Å². The van der Waals surface area contributed by atoms with Crippen molar-refractivity contribution >= 4 is 0 Å². The predicted octanol–water partition coefficient (Wildman–Crippen LogP) is 2.44. The number of nitrogens with two attached hydrogens (primary N) is 1. The molecule has 2 heteroatoms. The summed E-state index contributed by atoms with van der Waals surface area (Å²) in [6.07, 6.45) is 8.49. The molecule has 0 spiro atoms. The molecule has 0 radical (unpaired) electrons. The maximum absolute atomic E-state index is 6.21. The first kappa shape index (κ1) is 10.0. The van der Waals surface area contributed by atoms with E-state index in [1.165, 1.54) is 25.7 Å². The summed E-state index contributed by atoms with van der Waals surface area (Å²) in [4.78, 5) is 0. The van der Waals surface area contributed by atoms with Gasteiger partial charge in [-0.05, 0) is 30.8 Å². The number of hydrogen-bond donors (Lipinski definition) is 1. The summed E-state index contributed by atoms with van der Waals surface area (Å²) in [5.74, 6) is 2.64. The molecule has 1 aliphatic carbocycles. The summed E-state index contributed by atoms with van der Waals surface area (Å²) in [6, 6.07) is 0.175. The molecule has 0 amide bonds. The van der Waals surface area contributed by atoms with Gasteiger partial charge in [-0.25, -0.2) is 0 Å². The van der Waals surface area contributed by atoms with Crippen LogP contribution in [0.3, 0.4) is 0 Å². The topological polar surface area (TPSA) is 35.2 Å². The minimum atomic E-state index is 0.175. The van der Waals surface area contributed by atoms with Crippen LogP contribution in [0, 0.1) is 11.8 Å². The number of ether oxygens (including phenoxy) is 1. The minimum absolute atomic E-state index is 0.175. The van der Waals surface area contributed by atoms with Crippen LogP contribution in [-0.4, -0.2) is 12.6 Å². The summed E-state index contributed by atoms with van der Waals surface area (Å²) in [5.41, 5.74) is 6.21. The van der Waals surface area contributed by atoms with Crippen molar-refractivity contribution in [2.24, 2.45) is 17.6 Å². The van der Waals surface area contributed by atoms with E-state index in [0.717, 1.165) is 24.7 Å². The Kier molecular flexibility index (Phi) is 3.12. The van der Waals surface area contributed by atoms with E-state index < -0.39 is 0 Å². The Hall–Kier alpha value is -0.500. The third kappa shape index (κ3) is 1.95. The van der Waals surface area contributed by atoms with Crippen molar-refractivity contribution in [1.29, 1.82) is 0 Å². The SMILES string of the molecule is CCC1CCC(C(N)C2=CCCO2)C1. The molecule has 2 N–H and O–H groups in total. The summed E-state index contributed by atoms with van der Waals surface area (Å²) in [6.45, 7) is 3.12. The minimum Gasteiger partial charge on any atom is -0.496 e. The zero-order valence-electron chi connectivity index (χ0n) is 9.04. The fraction of sp³-hybridized carbons (Fsp3) is 0.833. The lowest BCUT2D eigenvalue weighted by molar-refractivity contribution is 0.206. The maximum atomic E-state index is 6.21. The molecule has 2 nitrogen and oxygen atoms in total. The molecular formula is C12H21NO. The van der Waals surface area contributed by atoms with Gasteiger partial charge in [0.25, 0.3) is 0 Å². The summed E-state index contributed by atoms with van der Waals surface area (Å²) in [5, 5.41) is 0. The van der Waals surface area contributed by atoms with Crippen LogP contribution in [0.25, 0.3) is 0 Å². The van der Waals surface area contributed by atoms with E-state index in [4.69, 9.17) is 10.5 Å². The Morgan fingerprint density at radius 2 is 2.43 bits per heavy atom. The molecule has 0 aromatic rings. The van der Waals surface area contributed by atoms with E-state index in [2.05, 4.69) is 13.0 Å². The third-order valence-electron chi connectivity index (χ3n) is 3.73. The second-order valence-corrected chi connectivity index (χ2v) is 4.62. The van der Waals surface area contributed by atoms with Crippen LogP contribution >= 0.6 is 0 Å². The van der Waals surface area contributed by atoms with Crippen molar-refractivity contribution in [2.45, 2.75) is 45.1 Å². The van der Waals surface area contributed by atoms with Crippen molar-refractivity contribution in [3.63, 3.8) is 0 Å². The first-order chi connectivity index (χ1) is 6.81. The molecule has 0 aromatic heterocycles. The fourth-order valence-electron chi connectivity index (χ4n) is 2.71. The summed E-state index contributed by atoms with van der Waals surface area (Å²) in [7, 11) is 0. The van der Waals surface area contributed by atoms with Crippen molar-refractivity contribution in [3.05, 3.63) is 11.8 Å². The van der Waals surface area contributed by atoms with E-state index in [0.29, 0.717) is 5.92 Å². The van der Waals surface area contributed by atoms with Crippen LogP contribution in [0.1, 0.15) is 39.0 Å². The average molecular weight is 195 g/mol. The Morgan fingerprint density at radius 3 is 3.00 bits per heavy atom. The van der Waals surface area contributed by atoms with Crippen molar-refractivity contribution in [1.82, 2.24) is 0 Å². The van der Waals surface area contributed by atoms with Gasteiger partial charge in [0.05, 0.1) is 12.6 Å². The van der Waals surface area contributed by atoms with Crippen molar-refractivity contribution < 1.29 is 4.74 Å². The Morgan fingerprint density at radius 1 is 1.57 bits per heavy atom. The largest absolute Gasteiger partial charge is 0.496 e. The zero-order chi connectivity index (χ0) is 9.97. The molecule has 0 aromatic carbocycles. The van der Waals surface area contributed by atoms with Gasteiger partial charge >= 0.3 is 0 Å². The molecule has 0 bridgehead atoms. The molecule has 1 heterocycles. The Balaban J connectivity index is 1.89. The standard InChI is InChI=1S/C12H21NO/c1-2-9-5-6-10(8-9)12(13)11-4-3-7-14-11/h4,9-10,12H,2-3,5-8,13H2,1H3. The van der Waals surface area contributed by atoms with Crippen LogP contribution in [0.15, 0.2) is 11.8 Å². The van der Waals surface area contributed by atoms with Gasteiger partial charge in [0, 0.05) is 6.42 Å². The molecule has 2 aliphatic rings. The molecule has 14 heavy (non-hydrogen) atoms. The molecule has 2 rings (SSSR count). The fourth-order valence-corrected chi connectivity index (χ4v) is 2.71. The van der Waals surface area contributed by atoms with Crippen molar-refractivity contribution in [2.75, 3.05) is 6.61 Å². The van der Waals surface area contributed by atoms with E-state index in [9.17, 15) is 0 Å². The molecule has 3 atom stereocenters. The Labute approximate surface area is 86.5 Å². The van der Waals surface area contributed by atoms with Gasteiger partial charge < -0.3 is 10.5 Å². The van der Waals surface area contributed by atoms with E-state index in [1.807, 2.05) is 0 Å². The zero-order valence-corrected chi connectivity index (χ0v) is 9.04. The molecule has 1 aliphatic heterocycles. The first-order valence-corrected chi connectivity index (χ1v) is 5.89. The Bertz CT molecular complexity index is 224. The van der Waals surface area contributed by atoms with Crippen LogP contribution in [0.2, 0.25) is 0 Å². The lowest BCUT2D eigenvalue weighted by Gasteiger charge is -2.20. The molecular weight excluding hydrogens is 174 g/mol. The first-order valence-electron chi connectivity index (χ1n) is 5.89. The summed E-state index contributed by atoms with van der Waals surface area (Å²) < 4.78 is 5.53. The molecule has 1 saturated carbocycles. The molecule has 80 valence electrons. The van der Waals surface area contributed by atoms with Gasteiger partial charge in [-0.3, -0.25) is 0 Å². The lowest BCUT2D eigenvalue weighted by atomic mass is 9.95. The van der Waals surface area contributed by atoms with Gasteiger partial charge in [0.15, 0.2) is 0 Å². The van der Waals surface area contributed by atoms with Gasteiger partial charge in [-0.2, -0.15) is 0 Å². The highest BCUT2D eigenvalue weighted by atomic mass is 16.5.